The van der Waals surface area contributed by atoms with Crippen LogP contribution in [0, 0.1) is 0 Å². The maximum Gasteiger partial charge on any atom is 0.177 e. The largest absolute Gasteiger partial charge is 0.351 e. The molecule has 170 valence electrons. The zero-order chi connectivity index (χ0) is 23.0. The number of pyridine rings is 2. The molecule has 0 saturated carbocycles. The van der Waals surface area contributed by atoms with Crippen LogP contribution in [0.15, 0.2) is 47.6 Å². The molecule has 2 aromatic heterocycles. The number of aromatic nitrogens is 2. The van der Waals surface area contributed by atoms with Gasteiger partial charge in [-0.25, -0.2) is 13.4 Å². The summed E-state index contributed by atoms with van der Waals surface area (Å²) in [7, 11) is -3.13. The number of rotatable bonds is 2. The van der Waals surface area contributed by atoms with Crippen LogP contribution >= 0.6 is 0 Å². The molecular weight excluding hydrogens is 408 g/mol. The molecule has 31 heavy (non-hydrogen) atoms. The summed E-state index contributed by atoms with van der Waals surface area (Å²) in [6, 6.07) is 10.9. The van der Waals surface area contributed by atoms with Crippen LogP contribution in [0.1, 0.15) is 53.7 Å². The van der Waals surface area contributed by atoms with E-state index in [4.69, 9.17) is 0 Å². The Balaban J connectivity index is 0.000000180. The van der Waals surface area contributed by atoms with Gasteiger partial charge in [0, 0.05) is 60.5 Å². The molecule has 2 unspecified atom stereocenters. The summed E-state index contributed by atoms with van der Waals surface area (Å²) in [6.07, 6.45) is 5.79. The third-order valence-electron chi connectivity index (χ3n) is 5.98. The molecule has 0 amide bonds. The molecular formula is C24H36N4O2S. The Morgan fingerprint density at radius 2 is 1.65 bits per heavy atom. The van der Waals surface area contributed by atoms with Crippen molar-refractivity contribution in [1.29, 1.82) is 0 Å². The van der Waals surface area contributed by atoms with Gasteiger partial charge in [0.15, 0.2) is 9.84 Å². The molecule has 2 atom stereocenters. The minimum absolute atomic E-state index is 0.0456. The van der Waals surface area contributed by atoms with E-state index in [1.165, 1.54) is 25.4 Å². The summed E-state index contributed by atoms with van der Waals surface area (Å²) in [5, 5.41) is 0. The Morgan fingerprint density at radius 1 is 0.935 bits per heavy atom. The van der Waals surface area contributed by atoms with Crippen LogP contribution in [-0.4, -0.2) is 60.3 Å². The number of sulfone groups is 1. The van der Waals surface area contributed by atoms with Gasteiger partial charge in [-0.2, -0.15) is 0 Å². The fourth-order valence-electron chi connectivity index (χ4n) is 4.34. The summed E-state index contributed by atoms with van der Waals surface area (Å²) in [5.41, 5.74) is 1.15. The monoisotopic (exact) mass is 444 g/mol. The van der Waals surface area contributed by atoms with Crippen LogP contribution in [0.2, 0.25) is 0 Å². The Hall–Kier alpha value is -1.99. The molecule has 2 bridgehead atoms. The normalized spacial score (nSPS) is 21.7. The Morgan fingerprint density at radius 3 is 2.06 bits per heavy atom. The van der Waals surface area contributed by atoms with Crippen LogP contribution in [0.25, 0.3) is 0 Å². The van der Waals surface area contributed by atoms with Crippen molar-refractivity contribution < 1.29 is 8.42 Å². The highest BCUT2D eigenvalue weighted by atomic mass is 32.2. The van der Waals surface area contributed by atoms with Gasteiger partial charge in [-0.1, -0.05) is 26.8 Å². The maximum atomic E-state index is 11.2. The molecule has 6 nitrogen and oxygen atoms in total. The predicted molar refractivity (Wildman–Crippen MR) is 126 cm³/mol. The van der Waals surface area contributed by atoms with Gasteiger partial charge in [0.2, 0.25) is 0 Å². The van der Waals surface area contributed by atoms with E-state index in [0.29, 0.717) is 17.6 Å². The fourth-order valence-corrected chi connectivity index (χ4v) is 4.90. The number of hydrogen-bond acceptors (Lipinski definition) is 6. The van der Waals surface area contributed by atoms with Gasteiger partial charge in [-0.05, 0) is 51.5 Å². The zero-order valence-electron chi connectivity index (χ0n) is 19.8. The minimum atomic E-state index is -3.13. The first-order chi connectivity index (χ1) is 14.3. The molecule has 0 spiro atoms. The van der Waals surface area contributed by atoms with E-state index >= 15 is 0 Å². The third kappa shape index (κ3) is 5.63. The molecule has 0 aromatic carbocycles. The Kier molecular flexibility index (Phi) is 6.50. The van der Waals surface area contributed by atoms with Crippen molar-refractivity contribution in [2.75, 3.05) is 24.2 Å². The second-order valence-electron chi connectivity index (χ2n) is 10.6. The number of anilines is 1. The van der Waals surface area contributed by atoms with Crippen molar-refractivity contribution in [3.63, 3.8) is 0 Å². The first-order valence-corrected chi connectivity index (χ1v) is 12.8. The highest BCUT2D eigenvalue weighted by Crippen LogP contribution is 2.37. The lowest BCUT2D eigenvalue weighted by atomic mass is 9.92. The zero-order valence-corrected chi connectivity index (χ0v) is 20.6. The Bertz CT molecular complexity index is 977. The van der Waals surface area contributed by atoms with E-state index in [1.807, 2.05) is 33.0 Å². The number of nitrogens with zero attached hydrogens (tertiary/aromatic N) is 4. The quantitative estimate of drug-likeness (QED) is 0.699. The highest BCUT2D eigenvalue weighted by Gasteiger charge is 2.47. The highest BCUT2D eigenvalue weighted by molar-refractivity contribution is 7.90. The van der Waals surface area contributed by atoms with Crippen molar-refractivity contribution in [1.82, 2.24) is 14.9 Å². The van der Waals surface area contributed by atoms with E-state index in [-0.39, 0.29) is 10.3 Å². The van der Waals surface area contributed by atoms with Gasteiger partial charge in [-0.15, -0.1) is 0 Å². The van der Waals surface area contributed by atoms with Crippen molar-refractivity contribution >= 4 is 15.7 Å². The summed E-state index contributed by atoms with van der Waals surface area (Å²) >= 11 is 0. The van der Waals surface area contributed by atoms with Crippen molar-refractivity contribution in [3.05, 3.63) is 48.4 Å². The van der Waals surface area contributed by atoms with Crippen LogP contribution in [0.3, 0.4) is 0 Å². The minimum Gasteiger partial charge on any atom is -0.351 e. The van der Waals surface area contributed by atoms with Crippen LogP contribution < -0.4 is 4.90 Å². The van der Waals surface area contributed by atoms with Gasteiger partial charge in [-0.3, -0.25) is 9.88 Å². The average molecular weight is 445 g/mol. The van der Waals surface area contributed by atoms with Gasteiger partial charge < -0.3 is 4.90 Å². The molecule has 0 aliphatic carbocycles. The molecule has 0 N–H and O–H groups in total. The number of piperazine rings is 1. The molecule has 2 fully saturated rings. The fraction of sp³-hybridized carbons (Fsp3) is 0.583. The van der Waals surface area contributed by atoms with E-state index in [2.05, 4.69) is 52.7 Å². The van der Waals surface area contributed by atoms with Gasteiger partial charge >= 0.3 is 0 Å². The molecule has 4 rings (SSSR count). The van der Waals surface area contributed by atoms with Crippen molar-refractivity contribution in [2.24, 2.45) is 0 Å². The van der Waals surface area contributed by atoms with Crippen LogP contribution in [-0.2, 0) is 15.3 Å². The van der Waals surface area contributed by atoms with E-state index < -0.39 is 9.84 Å². The molecule has 0 radical (unpaired) electrons. The summed E-state index contributed by atoms with van der Waals surface area (Å²) in [6.45, 7) is 15.4. The van der Waals surface area contributed by atoms with Gasteiger partial charge in [0.05, 0.1) is 4.90 Å². The van der Waals surface area contributed by atoms with Crippen molar-refractivity contribution in [2.45, 2.75) is 75.9 Å². The first kappa shape index (κ1) is 23.7. The van der Waals surface area contributed by atoms with E-state index in [0.717, 1.165) is 18.1 Å². The van der Waals surface area contributed by atoms with Crippen LogP contribution in [0.4, 0.5) is 5.82 Å². The lowest BCUT2D eigenvalue weighted by molar-refractivity contribution is 0.113. The van der Waals surface area contributed by atoms with Crippen LogP contribution in [0.5, 0.6) is 0 Å². The molecule has 2 aliphatic rings. The van der Waals surface area contributed by atoms with Gasteiger partial charge in [0.25, 0.3) is 0 Å². The van der Waals surface area contributed by atoms with Gasteiger partial charge in [0.1, 0.15) is 5.82 Å². The molecule has 4 heterocycles. The third-order valence-corrected chi connectivity index (χ3v) is 7.08. The first-order valence-electron chi connectivity index (χ1n) is 10.9. The molecule has 2 aromatic rings. The summed E-state index contributed by atoms with van der Waals surface area (Å²) in [5.74, 6) is 1.15. The lowest BCUT2D eigenvalue weighted by Gasteiger charge is -2.42. The predicted octanol–water partition coefficient (Wildman–Crippen LogP) is 3.93. The molecule has 2 aliphatic heterocycles. The lowest BCUT2D eigenvalue weighted by Crippen LogP contribution is -2.53. The number of hydrogen-bond donors (Lipinski definition) is 0. The second kappa shape index (κ2) is 8.51. The molecule has 2 saturated heterocycles. The number of likely N-dealkylation sites (tertiary alicyclic amines) is 1. The summed E-state index contributed by atoms with van der Waals surface area (Å²) in [4.78, 5) is 14.0. The topological polar surface area (TPSA) is 66.4 Å². The van der Waals surface area contributed by atoms with E-state index in [9.17, 15) is 8.42 Å². The average Bonchev–Trinajstić information content (AvgIpc) is 3.29. The maximum absolute atomic E-state index is 11.2. The summed E-state index contributed by atoms with van der Waals surface area (Å²) < 4.78 is 22.3. The van der Waals surface area contributed by atoms with E-state index in [1.54, 1.807) is 12.1 Å². The SMILES string of the molecule is CC(C)(C)N1CC2CC1CN2c1ccccn1.CC(C)(C)c1ccc(S(C)(=O)=O)cn1. The Labute approximate surface area is 187 Å². The standard InChI is InChI=1S/C14H21N3.C10H15NO2S/c1-14(2,3)17-10-11-8-12(17)9-16(11)13-6-4-5-7-15-13;1-10(2,3)9-6-5-8(7-11-9)14(4,12)13/h4-7,11-12H,8-10H2,1-3H3;5-7H,1-4H3. The molecule has 7 heteroatoms. The number of fused-ring (bicyclic) bond motifs is 2. The smallest absolute Gasteiger partial charge is 0.177 e. The van der Waals surface area contributed by atoms with Crippen molar-refractivity contribution in [3.8, 4) is 0 Å². The second-order valence-corrected chi connectivity index (χ2v) is 12.6.